The number of hydrogen-bond acceptors (Lipinski definition) is 3. The number of aliphatic hydroxyl groups is 1. The summed E-state index contributed by atoms with van der Waals surface area (Å²) < 4.78 is 5.55. The van der Waals surface area contributed by atoms with E-state index in [2.05, 4.69) is 6.58 Å². The van der Waals surface area contributed by atoms with E-state index in [0.29, 0.717) is 24.5 Å². The lowest BCUT2D eigenvalue weighted by molar-refractivity contribution is 0.0677. The fourth-order valence-corrected chi connectivity index (χ4v) is 2.38. The van der Waals surface area contributed by atoms with Crippen LogP contribution in [-0.2, 0) is 0 Å². The maximum Gasteiger partial charge on any atom is 0.254 e. The number of nitrogens with zero attached hydrogens (tertiary/aromatic N) is 1. The minimum Gasteiger partial charge on any atom is -0.489 e. The first-order valence-electron chi connectivity index (χ1n) is 6.91. The van der Waals surface area contributed by atoms with Crippen molar-refractivity contribution in [3.63, 3.8) is 0 Å². The number of ether oxygens (including phenoxy) is 1. The van der Waals surface area contributed by atoms with E-state index in [1.54, 1.807) is 17.0 Å². The second-order valence-corrected chi connectivity index (χ2v) is 5.25. The lowest BCUT2D eigenvalue weighted by Gasteiger charge is -2.23. The van der Waals surface area contributed by atoms with Gasteiger partial charge in [-0.25, -0.2) is 0 Å². The van der Waals surface area contributed by atoms with Gasteiger partial charge in [0.05, 0.1) is 12.6 Å². The van der Waals surface area contributed by atoms with Gasteiger partial charge in [0.25, 0.3) is 5.91 Å². The van der Waals surface area contributed by atoms with Gasteiger partial charge in [0.15, 0.2) is 0 Å². The number of benzene rings is 1. The minimum absolute atomic E-state index is 0.0254. The third kappa shape index (κ3) is 3.39. The third-order valence-electron chi connectivity index (χ3n) is 3.41. The average Bonchev–Trinajstić information content (AvgIpc) is 2.93. The lowest BCUT2D eigenvalue weighted by atomic mass is 10.1. The second kappa shape index (κ2) is 6.57. The van der Waals surface area contributed by atoms with Crippen molar-refractivity contribution in [3.05, 3.63) is 42.0 Å². The monoisotopic (exact) mass is 275 g/mol. The molecule has 0 spiro atoms. The van der Waals surface area contributed by atoms with Crippen molar-refractivity contribution in [3.8, 4) is 5.75 Å². The summed E-state index contributed by atoms with van der Waals surface area (Å²) in [5, 5.41) is 9.30. The van der Waals surface area contributed by atoms with Crippen LogP contribution < -0.4 is 4.74 Å². The smallest absolute Gasteiger partial charge is 0.254 e. The predicted molar refractivity (Wildman–Crippen MR) is 77.9 cm³/mol. The number of aliphatic hydroxyl groups excluding tert-OH is 1. The summed E-state index contributed by atoms with van der Waals surface area (Å²) >= 11 is 0. The van der Waals surface area contributed by atoms with Crippen molar-refractivity contribution < 1.29 is 14.6 Å². The third-order valence-corrected chi connectivity index (χ3v) is 3.41. The highest BCUT2D eigenvalue weighted by atomic mass is 16.5. The van der Waals surface area contributed by atoms with Gasteiger partial charge < -0.3 is 14.7 Å². The zero-order valence-corrected chi connectivity index (χ0v) is 11.8. The standard InChI is InChI=1S/C16H21NO3/c1-12(2)11-20-15-7-3-5-13(9-15)16(19)17-8-4-6-14(17)10-18/h3,5,7,9,14,18H,1,4,6,8,10-11H2,2H3/t14-/m0/s1. The molecule has 1 aliphatic rings. The number of carbonyl (C=O) groups is 1. The van der Waals surface area contributed by atoms with Crippen LogP contribution in [-0.4, -0.2) is 41.7 Å². The molecule has 1 saturated heterocycles. The quantitative estimate of drug-likeness (QED) is 0.838. The van der Waals surface area contributed by atoms with Crippen LogP contribution in [0.15, 0.2) is 36.4 Å². The van der Waals surface area contributed by atoms with Gasteiger partial charge >= 0.3 is 0 Å². The van der Waals surface area contributed by atoms with Gasteiger partial charge in [-0.3, -0.25) is 4.79 Å². The Balaban J connectivity index is 2.09. The van der Waals surface area contributed by atoms with Crippen molar-refractivity contribution in [2.75, 3.05) is 19.8 Å². The maximum absolute atomic E-state index is 12.4. The molecule has 1 aromatic carbocycles. The number of carbonyl (C=O) groups excluding carboxylic acids is 1. The molecule has 1 aromatic rings. The summed E-state index contributed by atoms with van der Waals surface area (Å²) in [4.78, 5) is 14.2. The highest BCUT2D eigenvalue weighted by Crippen LogP contribution is 2.22. The maximum atomic E-state index is 12.4. The Morgan fingerprint density at radius 2 is 2.35 bits per heavy atom. The largest absolute Gasteiger partial charge is 0.489 e. The SMILES string of the molecule is C=C(C)COc1cccc(C(=O)N2CCC[C@H]2CO)c1. The molecule has 1 N–H and O–H groups in total. The van der Waals surface area contributed by atoms with Crippen molar-refractivity contribution in [2.45, 2.75) is 25.8 Å². The van der Waals surface area contributed by atoms with Gasteiger partial charge in [0.1, 0.15) is 12.4 Å². The fourth-order valence-electron chi connectivity index (χ4n) is 2.38. The molecule has 0 unspecified atom stereocenters. The molecule has 0 aromatic heterocycles. The number of likely N-dealkylation sites (tertiary alicyclic amines) is 1. The first-order chi connectivity index (χ1) is 9.61. The van der Waals surface area contributed by atoms with Crippen LogP contribution in [0.4, 0.5) is 0 Å². The molecular weight excluding hydrogens is 254 g/mol. The van der Waals surface area contributed by atoms with Crippen molar-refractivity contribution in [1.82, 2.24) is 4.90 Å². The number of hydrogen-bond donors (Lipinski definition) is 1. The van der Waals surface area contributed by atoms with E-state index in [1.807, 2.05) is 19.1 Å². The Kier molecular flexibility index (Phi) is 4.79. The van der Waals surface area contributed by atoms with E-state index in [4.69, 9.17) is 4.74 Å². The van der Waals surface area contributed by atoms with Crippen LogP contribution in [0.5, 0.6) is 5.75 Å². The first kappa shape index (κ1) is 14.6. The van der Waals surface area contributed by atoms with E-state index >= 15 is 0 Å². The topological polar surface area (TPSA) is 49.8 Å². The Morgan fingerprint density at radius 1 is 1.55 bits per heavy atom. The summed E-state index contributed by atoms with van der Waals surface area (Å²) in [6.45, 7) is 6.86. The zero-order valence-electron chi connectivity index (χ0n) is 11.8. The Bertz CT molecular complexity index is 498. The van der Waals surface area contributed by atoms with Crippen molar-refractivity contribution in [1.29, 1.82) is 0 Å². The van der Waals surface area contributed by atoms with Gasteiger partial charge in [0, 0.05) is 12.1 Å². The van der Waals surface area contributed by atoms with Gasteiger partial charge in [-0.2, -0.15) is 0 Å². The van der Waals surface area contributed by atoms with E-state index in [-0.39, 0.29) is 18.6 Å². The molecule has 4 heteroatoms. The molecule has 20 heavy (non-hydrogen) atoms. The summed E-state index contributed by atoms with van der Waals surface area (Å²) in [5.74, 6) is 0.626. The normalized spacial score (nSPS) is 18.1. The van der Waals surface area contributed by atoms with Crippen LogP contribution in [0.1, 0.15) is 30.1 Å². The van der Waals surface area contributed by atoms with Crippen molar-refractivity contribution >= 4 is 5.91 Å². The van der Waals surface area contributed by atoms with Gasteiger partial charge in [-0.05, 0) is 43.5 Å². The van der Waals surface area contributed by atoms with Crippen LogP contribution in [0, 0.1) is 0 Å². The Labute approximate surface area is 119 Å². The minimum atomic E-state index is -0.0532. The summed E-state index contributed by atoms with van der Waals surface area (Å²) in [7, 11) is 0. The molecule has 1 amide bonds. The molecule has 1 aliphatic heterocycles. The van der Waals surface area contributed by atoms with Crippen LogP contribution in [0.2, 0.25) is 0 Å². The van der Waals surface area contributed by atoms with Gasteiger partial charge in [0.2, 0.25) is 0 Å². The van der Waals surface area contributed by atoms with E-state index in [1.165, 1.54) is 0 Å². The van der Waals surface area contributed by atoms with Gasteiger partial charge in [-0.15, -0.1) is 0 Å². The lowest BCUT2D eigenvalue weighted by Crippen LogP contribution is -2.37. The van der Waals surface area contributed by atoms with E-state index in [0.717, 1.165) is 18.4 Å². The molecule has 0 radical (unpaired) electrons. The van der Waals surface area contributed by atoms with E-state index < -0.39 is 0 Å². The molecule has 2 rings (SSSR count). The van der Waals surface area contributed by atoms with E-state index in [9.17, 15) is 9.90 Å². The molecule has 4 nitrogen and oxygen atoms in total. The zero-order chi connectivity index (χ0) is 14.5. The highest BCUT2D eigenvalue weighted by Gasteiger charge is 2.28. The average molecular weight is 275 g/mol. The Hall–Kier alpha value is -1.81. The molecule has 0 aliphatic carbocycles. The molecule has 108 valence electrons. The predicted octanol–water partition coefficient (Wildman–Crippen LogP) is 2.24. The van der Waals surface area contributed by atoms with Gasteiger partial charge in [-0.1, -0.05) is 12.6 Å². The summed E-state index contributed by atoms with van der Waals surface area (Å²) in [6.07, 6.45) is 1.82. The molecule has 1 fully saturated rings. The summed E-state index contributed by atoms with van der Waals surface area (Å²) in [5.41, 5.74) is 1.53. The second-order valence-electron chi connectivity index (χ2n) is 5.25. The molecule has 0 saturated carbocycles. The molecular formula is C16H21NO3. The van der Waals surface area contributed by atoms with Crippen molar-refractivity contribution in [2.24, 2.45) is 0 Å². The highest BCUT2D eigenvalue weighted by molar-refractivity contribution is 5.95. The molecule has 1 heterocycles. The molecule has 1 atom stereocenters. The number of rotatable bonds is 5. The van der Waals surface area contributed by atoms with Crippen LogP contribution in [0.3, 0.4) is 0 Å². The fraction of sp³-hybridized carbons (Fsp3) is 0.438. The van der Waals surface area contributed by atoms with Crippen LogP contribution in [0.25, 0.3) is 0 Å². The molecule has 0 bridgehead atoms. The Morgan fingerprint density at radius 3 is 3.05 bits per heavy atom. The van der Waals surface area contributed by atoms with Crippen LogP contribution >= 0.6 is 0 Å². The number of amides is 1. The summed E-state index contributed by atoms with van der Waals surface area (Å²) in [6, 6.07) is 7.11. The first-order valence-corrected chi connectivity index (χ1v) is 6.91.